The molecule has 0 atom stereocenters. The largest absolute Gasteiger partial charge is 0.355 e. The van der Waals surface area contributed by atoms with Crippen molar-refractivity contribution in [3.63, 3.8) is 0 Å². The Morgan fingerprint density at radius 1 is 0.380 bits per heavy atom. The van der Waals surface area contributed by atoms with Gasteiger partial charge in [0.25, 0.3) is 0 Å². The lowest BCUT2D eigenvalue weighted by atomic mass is 10.0. The van der Waals surface area contributed by atoms with Crippen LogP contribution in [0.5, 0.6) is 0 Å². The average molecular weight is 641 g/mol. The number of hydrogen-bond acceptors (Lipinski definition) is 4. The van der Waals surface area contributed by atoms with Gasteiger partial charge >= 0.3 is 0 Å². The van der Waals surface area contributed by atoms with E-state index in [4.69, 9.17) is 15.0 Å². The molecule has 50 heavy (non-hydrogen) atoms. The van der Waals surface area contributed by atoms with Crippen LogP contribution < -0.4 is 0 Å². The molecule has 4 heterocycles. The van der Waals surface area contributed by atoms with Gasteiger partial charge in [-0.2, -0.15) is 0 Å². The lowest BCUT2D eigenvalue weighted by molar-refractivity contribution is 1.07. The summed E-state index contributed by atoms with van der Waals surface area (Å²) in [6, 6.07) is 53.0. The molecule has 0 aliphatic heterocycles. The molecule has 0 aliphatic rings. The van der Waals surface area contributed by atoms with Gasteiger partial charge < -0.3 is 9.55 Å². The highest BCUT2D eigenvalue weighted by molar-refractivity contribution is 6.11. The van der Waals surface area contributed by atoms with Crippen LogP contribution in [0.25, 0.3) is 94.6 Å². The molecule has 234 valence electrons. The molecular weight excluding hydrogens is 613 g/mol. The van der Waals surface area contributed by atoms with E-state index in [9.17, 15) is 0 Å². The van der Waals surface area contributed by atoms with Crippen LogP contribution >= 0.6 is 0 Å². The van der Waals surface area contributed by atoms with Gasteiger partial charge in [0.05, 0.1) is 11.0 Å². The second-order valence-electron chi connectivity index (χ2n) is 12.5. The smallest absolute Gasteiger partial charge is 0.164 e. The molecule has 1 N–H and O–H groups in total. The molecule has 6 heteroatoms. The molecule has 6 aromatic carbocycles. The van der Waals surface area contributed by atoms with Gasteiger partial charge in [-0.25, -0.2) is 15.0 Å². The molecule has 0 saturated heterocycles. The fourth-order valence-electron chi connectivity index (χ4n) is 7.07. The second kappa shape index (κ2) is 11.4. The van der Waals surface area contributed by atoms with Crippen molar-refractivity contribution in [3.05, 3.63) is 164 Å². The molecule has 10 aromatic rings. The lowest BCUT2D eigenvalue weighted by Gasteiger charge is -2.11. The third kappa shape index (κ3) is 4.65. The zero-order chi connectivity index (χ0) is 33.0. The third-order valence-electron chi connectivity index (χ3n) is 9.50. The normalized spacial score (nSPS) is 11.6. The van der Waals surface area contributed by atoms with Crippen LogP contribution in [-0.4, -0.2) is 29.5 Å². The van der Waals surface area contributed by atoms with E-state index in [0.29, 0.717) is 17.5 Å². The third-order valence-corrected chi connectivity index (χ3v) is 9.50. The summed E-state index contributed by atoms with van der Waals surface area (Å²) in [5, 5.41) is 4.91. The molecule has 0 saturated carbocycles. The van der Waals surface area contributed by atoms with E-state index < -0.39 is 0 Å². The van der Waals surface area contributed by atoms with E-state index in [1.165, 1.54) is 32.7 Å². The number of hydrogen-bond donors (Lipinski definition) is 1. The van der Waals surface area contributed by atoms with E-state index in [-0.39, 0.29) is 0 Å². The van der Waals surface area contributed by atoms with Gasteiger partial charge in [-0.15, -0.1) is 0 Å². The van der Waals surface area contributed by atoms with Gasteiger partial charge in [-0.05, 0) is 83.9 Å². The molecule has 0 unspecified atom stereocenters. The van der Waals surface area contributed by atoms with Crippen molar-refractivity contribution >= 4 is 43.6 Å². The Morgan fingerprint density at radius 3 is 1.68 bits per heavy atom. The number of nitrogens with one attached hydrogen (secondary N) is 1. The maximum Gasteiger partial charge on any atom is 0.164 e. The Balaban J connectivity index is 1.07. The minimum Gasteiger partial charge on any atom is -0.355 e. The summed E-state index contributed by atoms with van der Waals surface area (Å²) in [4.78, 5) is 22.4. The Kier molecular flexibility index (Phi) is 6.39. The van der Waals surface area contributed by atoms with Crippen molar-refractivity contribution in [1.29, 1.82) is 0 Å². The standard InChI is InChI=1S/C44H28N6/c1-2-8-28(9-3-1)42-47-43(49-44(48-42)30-22-24-45-25-23-30)29-14-18-33(19-15-29)50-40-13-7-5-11-35(40)37-27-32(17-21-41(37)50)31-16-20-39-36(26-31)34-10-4-6-12-38(34)46-39/h1-27,46H. The fraction of sp³-hybridized carbons (Fsp3) is 0. The fourth-order valence-corrected chi connectivity index (χ4v) is 7.07. The molecule has 0 fully saturated rings. The maximum absolute atomic E-state index is 4.92. The van der Waals surface area contributed by atoms with E-state index in [1.807, 2.05) is 42.5 Å². The molecule has 0 spiro atoms. The van der Waals surface area contributed by atoms with Gasteiger partial charge in [0.2, 0.25) is 0 Å². The van der Waals surface area contributed by atoms with Crippen LogP contribution in [-0.2, 0) is 0 Å². The number of fused-ring (bicyclic) bond motifs is 6. The van der Waals surface area contributed by atoms with Gasteiger partial charge in [-0.1, -0.05) is 78.9 Å². The van der Waals surface area contributed by atoms with Gasteiger partial charge in [0, 0.05) is 67.3 Å². The lowest BCUT2D eigenvalue weighted by Crippen LogP contribution is -2.00. The zero-order valence-electron chi connectivity index (χ0n) is 26.8. The van der Waals surface area contributed by atoms with Crippen LogP contribution in [0.2, 0.25) is 0 Å². The van der Waals surface area contributed by atoms with Crippen molar-refractivity contribution in [2.75, 3.05) is 0 Å². The first-order chi connectivity index (χ1) is 24.8. The van der Waals surface area contributed by atoms with Crippen molar-refractivity contribution in [3.8, 4) is 51.0 Å². The Labute approximate surface area is 287 Å². The topological polar surface area (TPSA) is 72.3 Å². The average Bonchev–Trinajstić information content (AvgIpc) is 3.73. The quantitative estimate of drug-likeness (QED) is 0.203. The highest BCUT2D eigenvalue weighted by atomic mass is 15.0. The summed E-state index contributed by atoms with van der Waals surface area (Å²) in [6.07, 6.45) is 3.51. The molecule has 0 amide bonds. The summed E-state index contributed by atoms with van der Waals surface area (Å²) in [5.41, 5.74) is 10.8. The molecule has 0 bridgehead atoms. The van der Waals surface area contributed by atoms with Crippen molar-refractivity contribution in [2.24, 2.45) is 0 Å². The number of H-pyrrole nitrogens is 1. The van der Waals surface area contributed by atoms with E-state index in [2.05, 4.69) is 124 Å². The molecule has 0 radical (unpaired) electrons. The maximum atomic E-state index is 4.92. The van der Waals surface area contributed by atoms with Gasteiger partial charge in [-0.3, -0.25) is 4.98 Å². The molecule has 6 nitrogen and oxygen atoms in total. The first kappa shape index (κ1) is 28.1. The highest BCUT2D eigenvalue weighted by Gasteiger charge is 2.16. The van der Waals surface area contributed by atoms with E-state index >= 15 is 0 Å². The van der Waals surface area contributed by atoms with Crippen LogP contribution in [0.1, 0.15) is 0 Å². The highest BCUT2D eigenvalue weighted by Crippen LogP contribution is 2.37. The summed E-state index contributed by atoms with van der Waals surface area (Å²) >= 11 is 0. The zero-order valence-corrected chi connectivity index (χ0v) is 26.8. The van der Waals surface area contributed by atoms with E-state index in [0.717, 1.165) is 44.4 Å². The van der Waals surface area contributed by atoms with Crippen LogP contribution in [0.3, 0.4) is 0 Å². The summed E-state index contributed by atoms with van der Waals surface area (Å²) in [5.74, 6) is 1.87. The minimum atomic E-state index is 0.613. The number of rotatable bonds is 5. The first-order valence-corrected chi connectivity index (χ1v) is 16.6. The van der Waals surface area contributed by atoms with Crippen LogP contribution in [0, 0.1) is 0 Å². The van der Waals surface area contributed by atoms with Crippen LogP contribution in [0.15, 0.2) is 164 Å². The monoisotopic (exact) mass is 640 g/mol. The second-order valence-corrected chi connectivity index (χ2v) is 12.5. The summed E-state index contributed by atoms with van der Waals surface area (Å²) < 4.78 is 2.34. The molecule has 0 aliphatic carbocycles. The van der Waals surface area contributed by atoms with Crippen molar-refractivity contribution in [2.45, 2.75) is 0 Å². The SMILES string of the molecule is c1ccc(-c2nc(-c3ccncc3)nc(-c3ccc(-n4c5ccccc5c5cc(-c6ccc7[nH]c8ccccc8c7c6)ccc54)cc3)n2)cc1. The predicted molar refractivity (Wildman–Crippen MR) is 203 cm³/mol. The number of benzene rings is 6. The Morgan fingerprint density at radius 2 is 0.920 bits per heavy atom. The number of aromatic amines is 1. The van der Waals surface area contributed by atoms with Gasteiger partial charge in [0.15, 0.2) is 17.5 Å². The number of para-hydroxylation sites is 2. The number of nitrogens with zero attached hydrogens (tertiary/aromatic N) is 5. The first-order valence-electron chi connectivity index (χ1n) is 16.6. The minimum absolute atomic E-state index is 0.613. The molecule has 10 rings (SSSR count). The van der Waals surface area contributed by atoms with Crippen LogP contribution in [0.4, 0.5) is 0 Å². The summed E-state index contributed by atoms with van der Waals surface area (Å²) in [6.45, 7) is 0. The molecule has 4 aromatic heterocycles. The Hall–Kier alpha value is -6.92. The van der Waals surface area contributed by atoms with Crippen molar-refractivity contribution < 1.29 is 0 Å². The molecular formula is C44H28N6. The summed E-state index contributed by atoms with van der Waals surface area (Å²) in [7, 11) is 0. The number of pyridine rings is 1. The van der Waals surface area contributed by atoms with E-state index in [1.54, 1.807) is 12.4 Å². The Bertz CT molecular complexity index is 2800. The number of aromatic nitrogens is 6. The van der Waals surface area contributed by atoms with Crippen molar-refractivity contribution in [1.82, 2.24) is 29.5 Å². The van der Waals surface area contributed by atoms with Gasteiger partial charge in [0.1, 0.15) is 0 Å². The predicted octanol–water partition coefficient (Wildman–Crippen LogP) is 10.7.